The fraction of sp³-hybridized carbons (Fsp3) is 0.111. The first-order chi connectivity index (χ1) is 13.7. The maximum absolute atomic E-state index is 12.5. The number of nitro groups is 1. The summed E-state index contributed by atoms with van der Waals surface area (Å²) < 4.78 is 28.9. The van der Waals surface area contributed by atoms with Gasteiger partial charge in [-0.25, -0.2) is 8.42 Å². The van der Waals surface area contributed by atoms with E-state index in [1.54, 1.807) is 24.0 Å². The number of carbonyl (C=O) groups is 1. The lowest BCUT2D eigenvalue weighted by atomic mass is 10.2. The van der Waals surface area contributed by atoms with Gasteiger partial charge in [0, 0.05) is 42.2 Å². The molecule has 1 heterocycles. The van der Waals surface area contributed by atoms with E-state index in [9.17, 15) is 23.3 Å². The molecule has 3 aromatic rings. The summed E-state index contributed by atoms with van der Waals surface area (Å²) in [6, 6.07) is 11.1. The molecule has 0 saturated carbocycles. The van der Waals surface area contributed by atoms with Crippen LogP contribution in [0.4, 0.5) is 17.2 Å². The number of hydrogen-bond acceptors (Lipinski definition) is 6. The van der Waals surface area contributed by atoms with Gasteiger partial charge in [0.2, 0.25) is 0 Å². The van der Waals surface area contributed by atoms with Gasteiger partial charge in [0.15, 0.2) is 5.82 Å². The second-order valence-electron chi connectivity index (χ2n) is 6.22. The first kappa shape index (κ1) is 20.0. The van der Waals surface area contributed by atoms with Crippen LogP contribution in [0.5, 0.6) is 0 Å². The number of nitro benzene ring substituents is 1. The summed E-state index contributed by atoms with van der Waals surface area (Å²) in [5.74, 6) is -0.00416. The topological polar surface area (TPSA) is 136 Å². The number of amides is 1. The lowest BCUT2D eigenvalue weighted by Crippen LogP contribution is -2.15. The summed E-state index contributed by atoms with van der Waals surface area (Å²) in [5, 5.41) is 17.7. The Hall–Kier alpha value is -3.73. The van der Waals surface area contributed by atoms with Crippen molar-refractivity contribution in [2.24, 2.45) is 7.05 Å². The predicted molar refractivity (Wildman–Crippen MR) is 106 cm³/mol. The Labute approximate surface area is 166 Å². The zero-order chi connectivity index (χ0) is 21.2. The normalized spacial score (nSPS) is 11.1. The van der Waals surface area contributed by atoms with E-state index in [4.69, 9.17) is 0 Å². The number of anilines is 2. The minimum Gasteiger partial charge on any atom is -0.305 e. The van der Waals surface area contributed by atoms with E-state index in [2.05, 4.69) is 15.1 Å². The highest BCUT2D eigenvalue weighted by atomic mass is 32.2. The van der Waals surface area contributed by atoms with E-state index in [1.165, 1.54) is 43.3 Å². The molecule has 2 N–H and O–H groups in total. The van der Waals surface area contributed by atoms with Crippen molar-refractivity contribution < 1.29 is 18.1 Å². The minimum absolute atomic E-state index is 0.211. The number of aryl methyl sites for hydroxylation is 2. The van der Waals surface area contributed by atoms with Crippen molar-refractivity contribution in [3.8, 4) is 0 Å². The summed E-state index contributed by atoms with van der Waals surface area (Å²) in [4.78, 5) is 22.4. The molecule has 0 fully saturated rings. The number of hydrogen-bond donors (Lipinski definition) is 2. The highest BCUT2D eigenvalue weighted by Crippen LogP contribution is 2.24. The molecule has 0 aliphatic carbocycles. The maximum atomic E-state index is 12.5. The molecule has 1 aromatic heterocycles. The van der Waals surface area contributed by atoms with E-state index in [-0.39, 0.29) is 16.3 Å². The van der Waals surface area contributed by atoms with Crippen LogP contribution < -0.4 is 10.0 Å². The molecular formula is C18H17N5O5S. The molecule has 0 aliphatic rings. The van der Waals surface area contributed by atoms with Crippen LogP contribution >= 0.6 is 0 Å². The fourth-order valence-electron chi connectivity index (χ4n) is 2.53. The van der Waals surface area contributed by atoms with Crippen LogP contribution in [0.25, 0.3) is 0 Å². The van der Waals surface area contributed by atoms with Gasteiger partial charge in [-0.1, -0.05) is 6.07 Å². The molecule has 29 heavy (non-hydrogen) atoms. The lowest BCUT2D eigenvalue weighted by molar-refractivity contribution is -0.385. The zero-order valence-electron chi connectivity index (χ0n) is 15.5. The average Bonchev–Trinajstić information content (AvgIpc) is 3.06. The summed E-state index contributed by atoms with van der Waals surface area (Å²) >= 11 is 0. The second kappa shape index (κ2) is 7.72. The molecule has 11 heteroatoms. The van der Waals surface area contributed by atoms with Crippen LogP contribution in [0.3, 0.4) is 0 Å². The van der Waals surface area contributed by atoms with Gasteiger partial charge in [-0.3, -0.25) is 24.3 Å². The monoisotopic (exact) mass is 415 g/mol. The molecule has 0 spiro atoms. The third-order valence-corrected chi connectivity index (χ3v) is 5.42. The largest absolute Gasteiger partial charge is 0.305 e. The number of nitrogens with one attached hydrogen (secondary N) is 2. The Morgan fingerprint density at radius 1 is 1.14 bits per heavy atom. The molecule has 10 nitrogen and oxygen atoms in total. The van der Waals surface area contributed by atoms with E-state index in [1.807, 2.05) is 0 Å². The molecular weight excluding hydrogens is 398 g/mol. The summed E-state index contributed by atoms with van der Waals surface area (Å²) in [6.45, 7) is 1.52. The minimum atomic E-state index is -4.03. The number of nitrogens with zero attached hydrogens (tertiary/aromatic N) is 3. The number of sulfonamides is 1. The van der Waals surface area contributed by atoms with Crippen molar-refractivity contribution in [3.63, 3.8) is 0 Å². The lowest BCUT2D eigenvalue weighted by Gasteiger charge is -2.09. The Bertz CT molecular complexity index is 1190. The number of rotatable bonds is 6. The predicted octanol–water partition coefficient (Wildman–Crippen LogP) is 2.69. The van der Waals surface area contributed by atoms with Crippen LogP contribution in [-0.4, -0.2) is 29.0 Å². The Balaban J connectivity index is 1.75. The van der Waals surface area contributed by atoms with Crippen LogP contribution in [0.2, 0.25) is 0 Å². The van der Waals surface area contributed by atoms with Crippen LogP contribution in [-0.2, 0) is 17.1 Å². The van der Waals surface area contributed by atoms with Gasteiger partial charge in [-0.2, -0.15) is 5.10 Å². The van der Waals surface area contributed by atoms with E-state index in [0.717, 1.165) is 6.07 Å². The molecule has 150 valence electrons. The Kier molecular flexibility index (Phi) is 5.33. The highest BCUT2D eigenvalue weighted by molar-refractivity contribution is 7.92. The second-order valence-corrected chi connectivity index (χ2v) is 7.90. The maximum Gasteiger partial charge on any atom is 0.273 e. The molecule has 0 saturated heterocycles. The molecule has 2 aromatic carbocycles. The summed E-state index contributed by atoms with van der Waals surface area (Å²) in [6.07, 6.45) is 1.68. The standard InChI is InChI=1S/C18H17N5O5S/c1-12-3-8-15(11-16(12)23(25)26)29(27,28)21-14-6-4-13(5-7-14)18(24)19-17-9-10-22(2)20-17/h3-11,21H,1-2H3,(H,19,20,24). The molecule has 0 bridgehead atoms. The first-order valence-electron chi connectivity index (χ1n) is 8.34. The van der Waals surface area contributed by atoms with Gasteiger partial charge < -0.3 is 5.32 Å². The van der Waals surface area contributed by atoms with Gasteiger partial charge in [0.05, 0.1) is 9.82 Å². The third-order valence-electron chi connectivity index (χ3n) is 4.04. The van der Waals surface area contributed by atoms with Crippen molar-refractivity contribution in [2.45, 2.75) is 11.8 Å². The van der Waals surface area contributed by atoms with Crippen LogP contribution in [0.15, 0.2) is 59.6 Å². The highest BCUT2D eigenvalue weighted by Gasteiger charge is 2.20. The SMILES string of the molecule is Cc1ccc(S(=O)(=O)Nc2ccc(C(=O)Nc3ccn(C)n3)cc2)cc1[N+](=O)[O-]. The zero-order valence-corrected chi connectivity index (χ0v) is 16.3. The Morgan fingerprint density at radius 3 is 2.41 bits per heavy atom. The van der Waals surface area contributed by atoms with Crippen molar-refractivity contribution in [1.29, 1.82) is 0 Å². The van der Waals surface area contributed by atoms with E-state index in [0.29, 0.717) is 16.9 Å². The molecule has 0 atom stereocenters. The summed E-state index contributed by atoms with van der Waals surface area (Å²) in [7, 11) is -2.31. The number of carbonyl (C=O) groups excluding carboxylic acids is 1. The average molecular weight is 415 g/mol. The molecule has 1 amide bonds. The van der Waals surface area contributed by atoms with Gasteiger partial charge in [-0.15, -0.1) is 0 Å². The van der Waals surface area contributed by atoms with Crippen molar-refractivity contribution in [3.05, 3.63) is 76.0 Å². The summed E-state index contributed by atoms with van der Waals surface area (Å²) in [5.41, 5.74) is 0.596. The van der Waals surface area contributed by atoms with Crippen molar-refractivity contribution in [1.82, 2.24) is 9.78 Å². The third kappa shape index (κ3) is 4.58. The Morgan fingerprint density at radius 2 is 1.83 bits per heavy atom. The molecule has 0 radical (unpaired) electrons. The van der Waals surface area contributed by atoms with Gasteiger partial charge in [0.1, 0.15) is 0 Å². The van der Waals surface area contributed by atoms with Crippen molar-refractivity contribution >= 4 is 33.1 Å². The van der Waals surface area contributed by atoms with Gasteiger partial charge in [-0.05, 0) is 37.3 Å². The van der Waals surface area contributed by atoms with E-state index >= 15 is 0 Å². The van der Waals surface area contributed by atoms with Gasteiger partial charge in [0.25, 0.3) is 21.6 Å². The number of benzene rings is 2. The molecule has 0 unspecified atom stereocenters. The van der Waals surface area contributed by atoms with Crippen molar-refractivity contribution in [2.75, 3.05) is 10.0 Å². The fourth-order valence-corrected chi connectivity index (χ4v) is 3.61. The van der Waals surface area contributed by atoms with Crippen LogP contribution in [0.1, 0.15) is 15.9 Å². The van der Waals surface area contributed by atoms with Crippen LogP contribution in [0, 0.1) is 17.0 Å². The first-order valence-corrected chi connectivity index (χ1v) is 9.83. The molecule has 0 aliphatic heterocycles. The number of aromatic nitrogens is 2. The van der Waals surface area contributed by atoms with Gasteiger partial charge >= 0.3 is 0 Å². The smallest absolute Gasteiger partial charge is 0.273 e. The van der Waals surface area contributed by atoms with E-state index < -0.39 is 20.9 Å². The molecule has 3 rings (SSSR count). The quantitative estimate of drug-likeness (QED) is 0.469.